The molecule has 27 heavy (non-hydrogen) atoms. The molecule has 1 aromatic carbocycles. The van der Waals surface area contributed by atoms with E-state index in [9.17, 15) is 24.3 Å². The summed E-state index contributed by atoms with van der Waals surface area (Å²) in [7, 11) is 0. The molecule has 1 heterocycles. The standard InChI is InChI=1S/C19H20N2O6/c1-11(2)21-9-13(17(24)14(10-21)19(26)27)18(25)20-15(8-16(22)23)12-6-4-3-5-7-12/h3-7,9-11,15H,8H2,1-2H3,(H,20,25)(H,22,23)(H,26,27)/t15-/m1/s1. The summed E-state index contributed by atoms with van der Waals surface area (Å²) in [6.45, 7) is 3.55. The number of aromatic carboxylic acids is 1. The maximum atomic E-state index is 12.7. The van der Waals surface area contributed by atoms with Gasteiger partial charge in [0.2, 0.25) is 5.43 Å². The van der Waals surface area contributed by atoms with Crippen LogP contribution < -0.4 is 10.7 Å². The highest BCUT2D eigenvalue weighted by atomic mass is 16.4. The van der Waals surface area contributed by atoms with E-state index in [1.807, 2.05) is 0 Å². The van der Waals surface area contributed by atoms with Gasteiger partial charge in [-0.3, -0.25) is 14.4 Å². The first kappa shape index (κ1) is 19.9. The van der Waals surface area contributed by atoms with E-state index in [-0.39, 0.29) is 18.0 Å². The normalized spacial score (nSPS) is 11.8. The summed E-state index contributed by atoms with van der Waals surface area (Å²) in [4.78, 5) is 47.6. The maximum Gasteiger partial charge on any atom is 0.341 e. The second-order valence-electron chi connectivity index (χ2n) is 6.30. The van der Waals surface area contributed by atoms with Crippen LogP contribution in [0.1, 0.15) is 58.6 Å². The molecule has 1 amide bonds. The van der Waals surface area contributed by atoms with Crippen molar-refractivity contribution in [2.45, 2.75) is 32.4 Å². The fraction of sp³-hybridized carbons (Fsp3) is 0.263. The minimum Gasteiger partial charge on any atom is -0.481 e. The largest absolute Gasteiger partial charge is 0.481 e. The van der Waals surface area contributed by atoms with Gasteiger partial charge in [0, 0.05) is 18.4 Å². The predicted molar refractivity (Wildman–Crippen MR) is 96.9 cm³/mol. The van der Waals surface area contributed by atoms with Crippen molar-refractivity contribution in [3.05, 3.63) is 69.6 Å². The van der Waals surface area contributed by atoms with E-state index >= 15 is 0 Å². The third-order valence-electron chi connectivity index (χ3n) is 4.00. The average Bonchev–Trinajstić information content (AvgIpc) is 2.61. The van der Waals surface area contributed by atoms with Gasteiger partial charge in [0.15, 0.2) is 0 Å². The lowest BCUT2D eigenvalue weighted by Crippen LogP contribution is -2.35. The number of benzene rings is 1. The number of aliphatic carboxylic acids is 1. The van der Waals surface area contributed by atoms with Crippen molar-refractivity contribution in [2.24, 2.45) is 0 Å². The molecular formula is C19H20N2O6. The maximum absolute atomic E-state index is 12.7. The van der Waals surface area contributed by atoms with Crippen molar-refractivity contribution in [2.75, 3.05) is 0 Å². The number of aromatic nitrogens is 1. The highest BCUT2D eigenvalue weighted by Gasteiger charge is 2.23. The molecule has 0 aliphatic rings. The van der Waals surface area contributed by atoms with Crippen LogP contribution in [0.25, 0.3) is 0 Å². The van der Waals surface area contributed by atoms with Crippen molar-refractivity contribution in [1.82, 2.24) is 9.88 Å². The third-order valence-corrected chi connectivity index (χ3v) is 4.00. The van der Waals surface area contributed by atoms with Crippen LogP contribution in [0.3, 0.4) is 0 Å². The van der Waals surface area contributed by atoms with Gasteiger partial charge in [0.05, 0.1) is 12.5 Å². The molecule has 8 heteroatoms. The Kier molecular flexibility index (Phi) is 6.12. The Morgan fingerprint density at radius 2 is 1.63 bits per heavy atom. The Morgan fingerprint density at radius 1 is 1.04 bits per heavy atom. The van der Waals surface area contributed by atoms with Crippen molar-refractivity contribution >= 4 is 17.8 Å². The summed E-state index contributed by atoms with van der Waals surface area (Å²) in [5.41, 5.74) is -1.23. The second-order valence-corrected chi connectivity index (χ2v) is 6.30. The molecule has 8 nitrogen and oxygen atoms in total. The fourth-order valence-corrected chi connectivity index (χ4v) is 2.56. The molecule has 0 aliphatic heterocycles. The molecule has 0 radical (unpaired) electrons. The summed E-state index contributed by atoms with van der Waals surface area (Å²) >= 11 is 0. The van der Waals surface area contributed by atoms with Gasteiger partial charge in [-0.15, -0.1) is 0 Å². The molecule has 2 rings (SSSR count). The molecule has 2 aromatic rings. The van der Waals surface area contributed by atoms with Crippen LogP contribution >= 0.6 is 0 Å². The summed E-state index contributed by atoms with van der Waals surface area (Å²) in [6, 6.07) is 7.43. The lowest BCUT2D eigenvalue weighted by atomic mass is 10.0. The van der Waals surface area contributed by atoms with E-state index in [0.29, 0.717) is 5.56 Å². The number of carbonyl (C=O) groups excluding carboxylic acids is 1. The van der Waals surface area contributed by atoms with E-state index < -0.39 is 34.9 Å². The zero-order chi connectivity index (χ0) is 20.1. The number of nitrogens with zero attached hydrogens (tertiary/aromatic N) is 1. The lowest BCUT2D eigenvalue weighted by molar-refractivity contribution is -0.137. The van der Waals surface area contributed by atoms with Crippen LogP contribution in [0.5, 0.6) is 0 Å². The zero-order valence-corrected chi connectivity index (χ0v) is 14.9. The predicted octanol–water partition coefficient (Wildman–Crippen LogP) is 2.07. The molecule has 142 valence electrons. The number of carbonyl (C=O) groups is 3. The van der Waals surface area contributed by atoms with Gasteiger partial charge < -0.3 is 20.1 Å². The lowest BCUT2D eigenvalue weighted by Gasteiger charge is -2.19. The van der Waals surface area contributed by atoms with Crippen LogP contribution in [-0.2, 0) is 4.79 Å². The molecule has 0 aliphatic carbocycles. The Hall–Kier alpha value is -3.42. The average molecular weight is 372 g/mol. The monoisotopic (exact) mass is 372 g/mol. The van der Waals surface area contributed by atoms with Gasteiger partial charge in [-0.25, -0.2) is 4.79 Å². The van der Waals surface area contributed by atoms with Gasteiger partial charge in [-0.2, -0.15) is 0 Å². The SMILES string of the molecule is CC(C)n1cc(C(=O)O)c(=O)c(C(=O)N[C@H](CC(=O)O)c2ccccc2)c1. The molecule has 0 saturated heterocycles. The molecule has 0 spiro atoms. The zero-order valence-electron chi connectivity index (χ0n) is 14.9. The second kappa shape index (κ2) is 8.31. The minimum atomic E-state index is -1.44. The van der Waals surface area contributed by atoms with Crippen LogP contribution in [0.4, 0.5) is 0 Å². The first-order valence-electron chi connectivity index (χ1n) is 8.27. The molecular weight excluding hydrogens is 352 g/mol. The van der Waals surface area contributed by atoms with E-state index in [0.717, 1.165) is 0 Å². The summed E-state index contributed by atoms with van der Waals surface area (Å²) in [6.07, 6.45) is 2.07. The number of carboxylic acids is 2. The van der Waals surface area contributed by atoms with Gasteiger partial charge in [0.1, 0.15) is 11.1 Å². The van der Waals surface area contributed by atoms with Gasteiger partial charge in [0.25, 0.3) is 5.91 Å². The van der Waals surface area contributed by atoms with E-state index in [1.165, 1.54) is 17.0 Å². The Balaban J connectivity index is 2.44. The van der Waals surface area contributed by atoms with Crippen molar-refractivity contribution in [1.29, 1.82) is 0 Å². The smallest absolute Gasteiger partial charge is 0.341 e. The number of amides is 1. The summed E-state index contributed by atoms with van der Waals surface area (Å²) in [5.74, 6) is -3.38. The van der Waals surface area contributed by atoms with Crippen LogP contribution in [0.15, 0.2) is 47.5 Å². The van der Waals surface area contributed by atoms with Crippen molar-refractivity contribution < 1.29 is 24.6 Å². The van der Waals surface area contributed by atoms with Crippen LogP contribution in [0.2, 0.25) is 0 Å². The first-order valence-corrected chi connectivity index (χ1v) is 8.27. The number of carboxylic acid groups (broad SMARTS) is 2. The molecule has 0 fully saturated rings. The first-order chi connectivity index (χ1) is 12.7. The molecule has 3 N–H and O–H groups in total. The Morgan fingerprint density at radius 3 is 2.15 bits per heavy atom. The number of nitrogens with one attached hydrogen (secondary N) is 1. The Bertz CT molecular complexity index is 918. The fourth-order valence-electron chi connectivity index (χ4n) is 2.56. The number of rotatable bonds is 7. The van der Waals surface area contributed by atoms with Crippen molar-refractivity contribution in [3.63, 3.8) is 0 Å². The van der Waals surface area contributed by atoms with E-state index in [4.69, 9.17) is 5.11 Å². The number of pyridine rings is 1. The van der Waals surface area contributed by atoms with Gasteiger partial charge in [-0.1, -0.05) is 30.3 Å². The molecule has 1 atom stereocenters. The van der Waals surface area contributed by atoms with Gasteiger partial charge >= 0.3 is 11.9 Å². The molecule has 0 saturated carbocycles. The summed E-state index contributed by atoms with van der Waals surface area (Å²) in [5, 5.41) is 20.9. The van der Waals surface area contributed by atoms with Crippen LogP contribution in [0, 0.1) is 0 Å². The van der Waals surface area contributed by atoms with Crippen LogP contribution in [-0.4, -0.2) is 32.6 Å². The van der Waals surface area contributed by atoms with E-state index in [1.54, 1.807) is 44.2 Å². The molecule has 0 unspecified atom stereocenters. The third kappa shape index (κ3) is 4.81. The van der Waals surface area contributed by atoms with Crippen molar-refractivity contribution in [3.8, 4) is 0 Å². The topological polar surface area (TPSA) is 126 Å². The molecule has 0 bridgehead atoms. The highest BCUT2D eigenvalue weighted by Crippen LogP contribution is 2.17. The minimum absolute atomic E-state index is 0.181. The number of hydrogen-bond donors (Lipinski definition) is 3. The van der Waals surface area contributed by atoms with Gasteiger partial charge in [-0.05, 0) is 19.4 Å². The number of hydrogen-bond acceptors (Lipinski definition) is 4. The molecule has 1 aromatic heterocycles. The quantitative estimate of drug-likeness (QED) is 0.683. The summed E-state index contributed by atoms with van der Waals surface area (Å²) < 4.78 is 1.45. The Labute approximate surface area is 155 Å². The van der Waals surface area contributed by atoms with E-state index in [2.05, 4.69) is 5.32 Å². The highest BCUT2D eigenvalue weighted by molar-refractivity contribution is 5.97.